The number of hydrogen-bond donors (Lipinski definition) is 1. The number of ether oxygens (including phenoxy) is 1. The topological polar surface area (TPSA) is 38.3 Å². The predicted octanol–water partition coefficient (Wildman–Crippen LogP) is 4.30. The first-order valence-corrected chi connectivity index (χ1v) is 7.16. The van der Waals surface area contributed by atoms with Crippen molar-refractivity contribution in [2.75, 3.05) is 12.4 Å². The van der Waals surface area contributed by atoms with Crippen molar-refractivity contribution in [2.45, 2.75) is 13.5 Å². The second-order valence-corrected chi connectivity index (χ2v) is 5.59. The van der Waals surface area contributed by atoms with Gasteiger partial charge in [-0.3, -0.25) is 0 Å². The van der Waals surface area contributed by atoms with E-state index in [2.05, 4.69) is 26.0 Å². The third-order valence-corrected chi connectivity index (χ3v) is 3.44. The molecular weight excluding hydrogens is 337 g/mol. The summed E-state index contributed by atoms with van der Waals surface area (Å²) in [5.74, 6) is -1.25. The fourth-order valence-corrected chi connectivity index (χ4v) is 2.59. The molecule has 110 valence electrons. The van der Waals surface area contributed by atoms with Crippen LogP contribution >= 0.6 is 15.9 Å². The summed E-state index contributed by atoms with van der Waals surface area (Å²) < 4.78 is 19.3. The molecule has 0 aliphatic carbocycles. The van der Waals surface area contributed by atoms with Gasteiger partial charge in [0.05, 0.1) is 12.7 Å². The minimum Gasteiger partial charge on any atom is -0.465 e. The Labute approximate surface area is 131 Å². The van der Waals surface area contributed by atoms with Crippen LogP contribution in [0.1, 0.15) is 21.5 Å². The van der Waals surface area contributed by atoms with Crippen molar-refractivity contribution in [1.82, 2.24) is 0 Å². The van der Waals surface area contributed by atoms with E-state index < -0.39 is 11.8 Å². The first kappa shape index (κ1) is 15.5. The van der Waals surface area contributed by atoms with Crippen molar-refractivity contribution < 1.29 is 13.9 Å². The summed E-state index contributed by atoms with van der Waals surface area (Å²) in [4.78, 5) is 11.3. The molecule has 0 fully saturated rings. The van der Waals surface area contributed by atoms with Gasteiger partial charge in [-0.25, -0.2) is 9.18 Å². The normalized spacial score (nSPS) is 10.3. The van der Waals surface area contributed by atoms with E-state index in [0.29, 0.717) is 6.54 Å². The molecule has 0 amide bonds. The molecule has 0 aliphatic heterocycles. The van der Waals surface area contributed by atoms with Crippen molar-refractivity contribution in [3.05, 3.63) is 63.4 Å². The van der Waals surface area contributed by atoms with Crippen LogP contribution in [0.2, 0.25) is 0 Å². The molecule has 5 heteroatoms. The van der Waals surface area contributed by atoms with Crippen LogP contribution in [-0.4, -0.2) is 13.1 Å². The van der Waals surface area contributed by atoms with Crippen molar-refractivity contribution in [3.8, 4) is 0 Å². The molecule has 0 saturated heterocycles. The highest BCUT2D eigenvalue weighted by Gasteiger charge is 2.12. The first-order chi connectivity index (χ1) is 9.99. The van der Waals surface area contributed by atoms with Gasteiger partial charge in [-0.2, -0.15) is 0 Å². The lowest BCUT2D eigenvalue weighted by Gasteiger charge is -2.09. The molecule has 0 unspecified atom stereocenters. The maximum atomic E-state index is 13.8. The molecule has 0 heterocycles. The highest BCUT2D eigenvalue weighted by molar-refractivity contribution is 9.10. The van der Waals surface area contributed by atoms with Gasteiger partial charge in [-0.1, -0.05) is 22.0 Å². The van der Waals surface area contributed by atoms with E-state index >= 15 is 0 Å². The van der Waals surface area contributed by atoms with Gasteiger partial charge in [-0.05, 0) is 48.4 Å². The predicted molar refractivity (Wildman–Crippen MR) is 83.9 cm³/mol. The largest absolute Gasteiger partial charge is 0.465 e. The van der Waals surface area contributed by atoms with Gasteiger partial charge in [0.25, 0.3) is 0 Å². The van der Waals surface area contributed by atoms with Crippen LogP contribution in [0.4, 0.5) is 10.1 Å². The average Bonchev–Trinajstić information content (AvgIpc) is 2.43. The van der Waals surface area contributed by atoms with Crippen LogP contribution in [0.25, 0.3) is 0 Å². The number of carbonyl (C=O) groups is 1. The molecule has 0 atom stereocenters. The standard InChI is InChI=1S/C16H15BrFNO2/c1-10-5-12(17)8-13(6-10)19-9-11-3-4-14(15(18)7-11)16(20)21-2/h3-8,19H,9H2,1-2H3. The highest BCUT2D eigenvalue weighted by atomic mass is 79.9. The third-order valence-electron chi connectivity index (χ3n) is 2.98. The van der Waals surface area contributed by atoms with Gasteiger partial charge in [-0.15, -0.1) is 0 Å². The van der Waals surface area contributed by atoms with Crippen molar-refractivity contribution in [1.29, 1.82) is 0 Å². The molecule has 0 aliphatic rings. The van der Waals surface area contributed by atoms with Crippen LogP contribution in [-0.2, 0) is 11.3 Å². The van der Waals surface area contributed by atoms with Gasteiger partial charge >= 0.3 is 5.97 Å². The zero-order chi connectivity index (χ0) is 15.4. The second-order valence-electron chi connectivity index (χ2n) is 4.68. The molecule has 21 heavy (non-hydrogen) atoms. The number of aryl methyl sites for hydroxylation is 1. The quantitative estimate of drug-likeness (QED) is 0.834. The zero-order valence-electron chi connectivity index (χ0n) is 11.7. The van der Waals surface area contributed by atoms with Crippen LogP contribution in [0.3, 0.4) is 0 Å². The number of rotatable bonds is 4. The first-order valence-electron chi connectivity index (χ1n) is 6.37. The van der Waals surface area contributed by atoms with E-state index in [1.165, 1.54) is 19.2 Å². The summed E-state index contributed by atoms with van der Waals surface area (Å²) in [6.07, 6.45) is 0. The summed E-state index contributed by atoms with van der Waals surface area (Å²) in [7, 11) is 1.23. The van der Waals surface area contributed by atoms with Gasteiger partial charge in [0, 0.05) is 16.7 Å². The number of halogens is 2. The van der Waals surface area contributed by atoms with Crippen molar-refractivity contribution in [2.24, 2.45) is 0 Å². The monoisotopic (exact) mass is 351 g/mol. The van der Waals surface area contributed by atoms with E-state index in [9.17, 15) is 9.18 Å². The SMILES string of the molecule is COC(=O)c1ccc(CNc2cc(C)cc(Br)c2)cc1F. The lowest BCUT2D eigenvalue weighted by Crippen LogP contribution is -2.06. The van der Waals surface area contributed by atoms with E-state index in [4.69, 9.17) is 0 Å². The fourth-order valence-electron chi connectivity index (χ4n) is 1.99. The van der Waals surface area contributed by atoms with Crippen LogP contribution < -0.4 is 5.32 Å². The Morgan fingerprint density at radius 1 is 1.29 bits per heavy atom. The van der Waals surface area contributed by atoms with Crippen molar-refractivity contribution >= 4 is 27.6 Å². The second kappa shape index (κ2) is 6.72. The number of methoxy groups -OCH3 is 1. The smallest absolute Gasteiger partial charge is 0.340 e. The Hall–Kier alpha value is -1.88. The zero-order valence-corrected chi connectivity index (χ0v) is 13.3. The molecule has 3 nitrogen and oxygen atoms in total. The van der Waals surface area contributed by atoms with Crippen LogP contribution in [0.5, 0.6) is 0 Å². The summed E-state index contributed by atoms with van der Waals surface area (Å²) in [6.45, 7) is 2.47. The molecule has 0 bridgehead atoms. The Bertz CT molecular complexity index is 653. The molecule has 2 aromatic rings. The summed E-state index contributed by atoms with van der Waals surface area (Å²) in [6, 6.07) is 10.4. The van der Waals surface area contributed by atoms with Crippen LogP contribution in [0, 0.1) is 12.7 Å². The minimum atomic E-state index is -0.672. The number of benzene rings is 2. The van der Waals surface area contributed by atoms with Gasteiger partial charge < -0.3 is 10.1 Å². The molecule has 0 saturated carbocycles. The van der Waals surface area contributed by atoms with E-state index in [1.54, 1.807) is 6.07 Å². The Kier molecular flexibility index (Phi) is 4.96. The Morgan fingerprint density at radius 3 is 2.67 bits per heavy atom. The Balaban J connectivity index is 2.10. The molecule has 0 aromatic heterocycles. The van der Waals surface area contributed by atoms with E-state index in [-0.39, 0.29) is 5.56 Å². The molecular formula is C16H15BrFNO2. The maximum Gasteiger partial charge on any atom is 0.340 e. The van der Waals surface area contributed by atoms with E-state index in [0.717, 1.165) is 21.3 Å². The molecule has 2 aromatic carbocycles. The molecule has 2 rings (SSSR count). The van der Waals surface area contributed by atoms with E-state index in [1.807, 2.05) is 25.1 Å². The summed E-state index contributed by atoms with van der Waals surface area (Å²) in [5, 5.41) is 3.22. The lowest BCUT2D eigenvalue weighted by atomic mass is 10.1. The third kappa shape index (κ3) is 4.04. The lowest BCUT2D eigenvalue weighted by molar-refractivity contribution is 0.0595. The minimum absolute atomic E-state index is 0.0560. The number of hydrogen-bond acceptors (Lipinski definition) is 3. The molecule has 0 radical (unpaired) electrons. The summed E-state index contributed by atoms with van der Waals surface area (Å²) in [5.41, 5.74) is 2.76. The van der Waals surface area contributed by atoms with Gasteiger partial charge in [0.1, 0.15) is 5.82 Å². The molecule has 0 spiro atoms. The van der Waals surface area contributed by atoms with Gasteiger partial charge in [0.2, 0.25) is 0 Å². The van der Waals surface area contributed by atoms with Crippen molar-refractivity contribution in [3.63, 3.8) is 0 Å². The maximum absolute atomic E-state index is 13.8. The number of esters is 1. The fraction of sp³-hybridized carbons (Fsp3) is 0.188. The molecule has 1 N–H and O–H groups in total. The van der Waals surface area contributed by atoms with Gasteiger partial charge in [0.15, 0.2) is 0 Å². The average molecular weight is 352 g/mol. The Morgan fingerprint density at radius 2 is 2.05 bits per heavy atom. The number of carbonyl (C=O) groups excluding carboxylic acids is 1. The highest BCUT2D eigenvalue weighted by Crippen LogP contribution is 2.20. The van der Waals surface area contributed by atoms with Crippen LogP contribution in [0.15, 0.2) is 40.9 Å². The summed E-state index contributed by atoms with van der Waals surface area (Å²) >= 11 is 3.43. The number of anilines is 1. The number of nitrogens with one attached hydrogen (secondary N) is 1.